The summed E-state index contributed by atoms with van der Waals surface area (Å²) in [5, 5.41) is 45.0. The van der Waals surface area contributed by atoms with Crippen molar-refractivity contribution in [2.24, 2.45) is 0 Å². The maximum Gasteiger partial charge on any atom is 0.397 e. The van der Waals surface area contributed by atoms with Crippen LogP contribution in [0.3, 0.4) is 0 Å². The molecular formula is C59H115NO11S. The van der Waals surface area contributed by atoms with Crippen LogP contribution in [0.1, 0.15) is 303 Å². The van der Waals surface area contributed by atoms with Gasteiger partial charge < -0.3 is 35.2 Å². The fraction of sp³-hybridized carbons (Fsp3) is 0.949. The molecule has 428 valence electrons. The number of allylic oxidation sites excluding steroid dienone is 1. The number of aliphatic hydroxyl groups excluding tert-OH is 4. The predicted molar refractivity (Wildman–Crippen MR) is 296 cm³/mol. The van der Waals surface area contributed by atoms with Gasteiger partial charge in [-0.05, 0) is 19.3 Å². The number of rotatable bonds is 54. The lowest BCUT2D eigenvalue weighted by molar-refractivity contribution is -0.298. The number of ether oxygens (including phenoxy) is 2. The third-order valence-corrected chi connectivity index (χ3v) is 15.3. The van der Waals surface area contributed by atoms with Gasteiger partial charge in [0.25, 0.3) is 0 Å². The normalized spacial score (nSPS) is 19.3. The fourth-order valence-electron chi connectivity index (χ4n) is 10.1. The van der Waals surface area contributed by atoms with Crippen LogP contribution >= 0.6 is 0 Å². The van der Waals surface area contributed by atoms with Gasteiger partial charge in [-0.15, -0.1) is 0 Å². The smallest absolute Gasteiger partial charge is 0.394 e. The van der Waals surface area contributed by atoms with Crippen LogP contribution in [0.4, 0.5) is 0 Å². The number of nitrogens with one attached hydrogen (secondary N) is 1. The molecule has 0 aromatic rings. The fourth-order valence-corrected chi connectivity index (χ4v) is 10.6. The highest BCUT2D eigenvalue weighted by molar-refractivity contribution is 7.80. The molecule has 0 spiro atoms. The van der Waals surface area contributed by atoms with Crippen LogP contribution in [0.2, 0.25) is 0 Å². The molecule has 0 aromatic carbocycles. The van der Waals surface area contributed by atoms with Crippen LogP contribution in [-0.4, -0.2) is 95.4 Å². The monoisotopic (exact) mass is 1050 g/mol. The zero-order valence-corrected chi connectivity index (χ0v) is 47.3. The Balaban J connectivity index is 2.33. The molecule has 0 saturated carbocycles. The largest absolute Gasteiger partial charge is 0.397 e. The molecule has 12 nitrogen and oxygen atoms in total. The minimum absolute atomic E-state index is 0.255. The van der Waals surface area contributed by atoms with Gasteiger partial charge in [-0.2, -0.15) is 8.42 Å². The molecule has 1 rings (SSSR count). The SMILES string of the molecule is CCCCCCCCCCCCCCCCCCCC/C=C/C(O)C(COC1OC(CO)C(O)C(OS(=O)(=O)O)C1O)NC(=O)CCCCCCCCCCCCCCCCCCCCCCCCCCC. The van der Waals surface area contributed by atoms with E-state index in [9.17, 15) is 38.2 Å². The number of unbranched alkanes of at least 4 members (excludes halogenated alkanes) is 42. The highest BCUT2D eigenvalue weighted by atomic mass is 32.3. The molecule has 0 aromatic heterocycles. The van der Waals surface area contributed by atoms with E-state index in [1.165, 1.54) is 238 Å². The van der Waals surface area contributed by atoms with E-state index in [4.69, 9.17) is 9.47 Å². The van der Waals surface area contributed by atoms with Gasteiger partial charge in [-0.3, -0.25) is 9.35 Å². The molecule has 1 aliphatic rings. The average Bonchev–Trinajstić information content (AvgIpc) is 3.36. The maximum atomic E-state index is 13.1. The molecule has 72 heavy (non-hydrogen) atoms. The maximum absolute atomic E-state index is 13.1. The summed E-state index contributed by atoms with van der Waals surface area (Å²) >= 11 is 0. The van der Waals surface area contributed by atoms with Crippen molar-refractivity contribution in [2.45, 2.75) is 346 Å². The average molecular weight is 1050 g/mol. The summed E-state index contributed by atoms with van der Waals surface area (Å²) in [7, 11) is -5.09. The lowest BCUT2D eigenvalue weighted by Gasteiger charge is -2.41. The first-order valence-corrected chi connectivity index (χ1v) is 31.9. The van der Waals surface area contributed by atoms with E-state index in [1.807, 2.05) is 6.08 Å². The number of hydrogen-bond donors (Lipinski definition) is 6. The third kappa shape index (κ3) is 41.1. The first-order valence-electron chi connectivity index (χ1n) is 30.6. The summed E-state index contributed by atoms with van der Waals surface area (Å²) in [4.78, 5) is 13.1. The zero-order valence-electron chi connectivity index (χ0n) is 46.5. The third-order valence-electron chi connectivity index (χ3n) is 14.8. The van der Waals surface area contributed by atoms with Gasteiger partial charge in [0, 0.05) is 6.42 Å². The molecule has 7 unspecified atom stereocenters. The molecule has 13 heteroatoms. The van der Waals surface area contributed by atoms with Crippen molar-refractivity contribution in [1.29, 1.82) is 0 Å². The number of carbonyl (C=O) groups excluding carboxylic acids is 1. The highest BCUT2D eigenvalue weighted by Gasteiger charge is 2.48. The molecule has 1 heterocycles. The van der Waals surface area contributed by atoms with Crippen molar-refractivity contribution < 1.29 is 51.8 Å². The van der Waals surface area contributed by atoms with Gasteiger partial charge >= 0.3 is 10.4 Å². The van der Waals surface area contributed by atoms with E-state index in [2.05, 4.69) is 23.3 Å². The molecule has 1 aliphatic heterocycles. The first kappa shape index (κ1) is 68.9. The number of hydrogen-bond acceptors (Lipinski definition) is 10. The number of carbonyl (C=O) groups is 1. The van der Waals surface area contributed by atoms with E-state index in [1.54, 1.807) is 6.08 Å². The molecule has 1 fully saturated rings. The first-order chi connectivity index (χ1) is 35.0. The van der Waals surface area contributed by atoms with Crippen LogP contribution in [0, 0.1) is 0 Å². The van der Waals surface area contributed by atoms with Crippen molar-refractivity contribution in [3.63, 3.8) is 0 Å². The second-order valence-electron chi connectivity index (χ2n) is 21.7. The lowest BCUT2D eigenvalue weighted by atomic mass is 9.99. The van der Waals surface area contributed by atoms with E-state index in [0.717, 1.165) is 38.5 Å². The minimum Gasteiger partial charge on any atom is -0.394 e. The Morgan fingerprint density at radius 2 is 0.875 bits per heavy atom. The quantitative estimate of drug-likeness (QED) is 0.0193. The van der Waals surface area contributed by atoms with Gasteiger partial charge in [0.05, 0.1) is 25.4 Å². The standard InChI is InChI=1S/C59H115NO11S/c1-3-5-7-9-11-13-15-17-19-21-23-25-26-27-28-29-31-33-35-37-39-41-43-45-47-49-55(63)60-52(51-69-59-57(65)58(71-72(66,67)68)56(64)54(50-61)70-59)53(62)48-46-44-42-40-38-36-34-32-30-24-22-20-18-16-14-12-10-8-6-4-2/h46,48,52-54,56-59,61-62,64-65H,3-45,47,49-51H2,1-2H3,(H,60,63)(H,66,67,68)/b48-46+. The Hall–Kier alpha value is -1.16. The molecule has 1 saturated heterocycles. The van der Waals surface area contributed by atoms with Crippen LogP contribution in [0.25, 0.3) is 0 Å². The second kappa shape index (κ2) is 49.4. The van der Waals surface area contributed by atoms with Gasteiger partial charge in [-0.1, -0.05) is 289 Å². The summed E-state index contributed by atoms with van der Waals surface area (Å²) in [5.74, 6) is -0.255. The van der Waals surface area contributed by atoms with Crippen molar-refractivity contribution in [3.8, 4) is 0 Å². The molecular weight excluding hydrogens is 931 g/mol. The Bertz CT molecular complexity index is 1320. The molecule has 0 bridgehead atoms. The van der Waals surface area contributed by atoms with E-state index in [0.29, 0.717) is 6.42 Å². The number of aliphatic hydroxyl groups is 4. The van der Waals surface area contributed by atoms with E-state index < -0.39 is 59.9 Å². The minimum atomic E-state index is -5.09. The zero-order chi connectivity index (χ0) is 52.6. The predicted octanol–water partition coefficient (Wildman–Crippen LogP) is 14.6. The molecule has 0 aliphatic carbocycles. The van der Waals surface area contributed by atoms with Crippen molar-refractivity contribution in [3.05, 3.63) is 12.2 Å². The van der Waals surface area contributed by atoms with E-state index in [-0.39, 0.29) is 18.9 Å². The summed E-state index contributed by atoms with van der Waals surface area (Å²) in [5.41, 5.74) is 0. The van der Waals surface area contributed by atoms with Crippen LogP contribution in [0.5, 0.6) is 0 Å². The van der Waals surface area contributed by atoms with Crippen LogP contribution in [-0.2, 0) is 28.9 Å². The molecule has 6 N–H and O–H groups in total. The molecule has 7 atom stereocenters. The summed E-state index contributed by atoms with van der Waals surface area (Å²) in [6.07, 6.45) is 51.2. The molecule has 1 amide bonds. The van der Waals surface area contributed by atoms with Crippen LogP contribution in [0.15, 0.2) is 12.2 Å². The van der Waals surface area contributed by atoms with Crippen LogP contribution < -0.4 is 5.32 Å². The summed E-state index contributed by atoms with van der Waals surface area (Å²) < 4.78 is 47.9. The second-order valence-corrected chi connectivity index (χ2v) is 22.7. The Morgan fingerprint density at radius 3 is 1.21 bits per heavy atom. The Labute approximate surface area is 442 Å². The van der Waals surface area contributed by atoms with Crippen molar-refractivity contribution in [1.82, 2.24) is 5.32 Å². The van der Waals surface area contributed by atoms with Gasteiger partial charge in [-0.25, -0.2) is 4.18 Å². The van der Waals surface area contributed by atoms with Crippen molar-refractivity contribution >= 4 is 16.3 Å². The number of amides is 1. The van der Waals surface area contributed by atoms with Gasteiger partial charge in [0.15, 0.2) is 6.29 Å². The lowest BCUT2D eigenvalue weighted by Crippen LogP contribution is -2.61. The molecule has 0 radical (unpaired) electrons. The van der Waals surface area contributed by atoms with E-state index >= 15 is 0 Å². The summed E-state index contributed by atoms with van der Waals surface area (Å²) in [6, 6.07) is -0.940. The Kier molecular flexibility index (Phi) is 47.3. The topological polar surface area (TPSA) is 192 Å². The van der Waals surface area contributed by atoms with Gasteiger partial charge in [0.2, 0.25) is 5.91 Å². The van der Waals surface area contributed by atoms with Gasteiger partial charge in [0.1, 0.15) is 24.4 Å². The van der Waals surface area contributed by atoms with Crippen molar-refractivity contribution in [2.75, 3.05) is 13.2 Å². The summed E-state index contributed by atoms with van der Waals surface area (Å²) in [6.45, 7) is 3.45. The Morgan fingerprint density at radius 1 is 0.542 bits per heavy atom. The highest BCUT2D eigenvalue weighted by Crippen LogP contribution is 2.26.